The van der Waals surface area contributed by atoms with Crippen LogP contribution in [-0.4, -0.2) is 40.6 Å². The van der Waals surface area contributed by atoms with Crippen LogP contribution in [0.3, 0.4) is 0 Å². The second kappa shape index (κ2) is 6.91. The molecule has 108 valence electrons. The number of carbonyl (C=O) groups excluding carboxylic acids is 1. The van der Waals surface area contributed by atoms with Crippen molar-refractivity contribution in [3.05, 3.63) is 17.0 Å². The molecule has 0 bridgehead atoms. The molecule has 2 N–H and O–H groups in total. The monoisotopic (exact) mass is 286 g/mol. The van der Waals surface area contributed by atoms with Gasteiger partial charge in [-0.3, -0.25) is 9.89 Å². The number of hydrogen-bond donors (Lipinski definition) is 2. The molecule has 5 nitrogen and oxygen atoms in total. The van der Waals surface area contributed by atoms with Crippen molar-refractivity contribution in [1.82, 2.24) is 20.4 Å². The summed E-state index contributed by atoms with van der Waals surface area (Å²) in [5.41, 5.74) is 2.76. The van der Waals surface area contributed by atoms with Crippen LogP contribution in [0.2, 0.25) is 0 Å². The maximum atomic E-state index is 12.5. The lowest BCUT2D eigenvalue weighted by atomic mass is 10.1. The Morgan fingerprint density at radius 2 is 2.21 bits per heavy atom. The van der Waals surface area contributed by atoms with Crippen LogP contribution in [0.4, 0.5) is 0 Å². The van der Waals surface area contributed by atoms with Crippen LogP contribution in [-0.2, 0) is 13.0 Å². The SMILES string of the molecule is CCN(CC(C)C)C(=O)c1n[nH]c2c1CNCC2.Cl. The fourth-order valence-electron chi connectivity index (χ4n) is 2.35. The van der Waals surface area contributed by atoms with E-state index in [2.05, 4.69) is 29.4 Å². The summed E-state index contributed by atoms with van der Waals surface area (Å²) >= 11 is 0. The molecule has 0 aromatic carbocycles. The quantitative estimate of drug-likeness (QED) is 0.884. The molecule has 1 aromatic heterocycles. The molecular formula is C13H23ClN4O. The molecule has 1 aliphatic heterocycles. The number of nitrogens with zero attached hydrogens (tertiary/aromatic N) is 2. The Morgan fingerprint density at radius 3 is 2.84 bits per heavy atom. The van der Waals surface area contributed by atoms with Crippen molar-refractivity contribution in [2.75, 3.05) is 19.6 Å². The van der Waals surface area contributed by atoms with Crippen molar-refractivity contribution in [1.29, 1.82) is 0 Å². The van der Waals surface area contributed by atoms with Gasteiger partial charge >= 0.3 is 0 Å². The molecular weight excluding hydrogens is 264 g/mol. The highest BCUT2D eigenvalue weighted by Crippen LogP contribution is 2.17. The summed E-state index contributed by atoms with van der Waals surface area (Å²) in [4.78, 5) is 14.3. The first kappa shape index (κ1) is 16.0. The highest BCUT2D eigenvalue weighted by Gasteiger charge is 2.25. The predicted molar refractivity (Wildman–Crippen MR) is 77.7 cm³/mol. The number of carbonyl (C=O) groups is 1. The Kier molecular flexibility index (Phi) is 5.82. The van der Waals surface area contributed by atoms with Gasteiger partial charge in [-0.15, -0.1) is 12.4 Å². The topological polar surface area (TPSA) is 61.0 Å². The van der Waals surface area contributed by atoms with Gasteiger partial charge in [0.1, 0.15) is 0 Å². The van der Waals surface area contributed by atoms with E-state index in [0.717, 1.165) is 43.9 Å². The number of aromatic amines is 1. The van der Waals surface area contributed by atoms with Crippen LogP contribution in [0.15, 0.2) is 0 Å². The van der Waals surface area contributed by atoms with Gasteiger partial charge in [0.15, 0.2) is 5.69 Å². The van der Waals surface area contributed by atoms with Crippen molar-refractivity contribution < 1.29 is 4.79 Å². The Morgan fingerprint density at radius 1 is 1.47 bits per heavy atom. The van der Waals surface area contributed by atoms with E-state index in [9.17, 15) is 4.79 Å². The lowest BCUT2D eigenvalue weighted by Gasteiger charge is -2.23. The van der Waals surface area contributed by atoms with Crippen LogP contribution in [0.5, 0.6) is 0 Å². The van der Waals surface area contributed by atoms with Gasteiger partial charge in [0.2, 0.25) is 0 Å². The minimum atomic E-state index is 0. The minimum Gasteiger partial charge on any atom is -0.337 e. The average molecular weight is 287 g/mol. The molecule has 6 heteroatoms. The van der Waals surface area contributed by atoms with E-state index < -0.39 is 0 Å². The Labute approximate surface area is 120 Å². The van der Waals surface area contributed by atoms with Crippen LogP contribution in [0, 0.1) is 5.92 Å². The molecule has 0 saturated heterocycles. The molecule has 0 fully saturated rings. The summed E-state index contributed by atoms with van der Waals surface area (Å²) in [6.45, 7) is 9.46. The van der Waals surface area contributed by atoms with Crippen molar-refractivity contribution in [3.8, 4) is 0 Å². The maximum absolute atomic E-state index is 12.5. The minimum absolute atomic E-state index is 0. The summed E-state index contributed by atoms with van der Waals surface area (Å²) < 4.78 is 0. The zero-order valence-corrected chi connectivity index (χ0v) is 12.6. The van der Waals surface area contributed by atoms with E-state index in [-0.39, 0.29) is 18.3 Å². The standard InChI is InChI=1S/C13H22N4O.ClH/c1-4-17(8-9(2)3)13(18)12-10-7-14-6-5-11(10)15-16-12;/h9,14H,4-8H2,1-3H3,(H,15,16);1H. The van der Waals surface area contributed by atoms with E-state index in [4.69, 9.17) is 0 Å². The number of fused-ring (bicyclic) bond motifs is 1. The van der Waals surface area contributed by atoms with E-state index in [1.54, 1.807) is 0 Å². The Hall–Kier alpha value is -1.07. The summed E-state index contributed by atoms with van der Waals surface area (Å²) in [5, 5.41) is 10.5. The Balaban J connectivity index is 0.00000180. The molecule has 0 aliphatic carbocycles. The zero-order chi connectivity index (χ0) is 13.1. The second-order valence-corrected chi connectivity index (χ2v) is 5.19. The van der Waals surface area contributed by atoms with E-state index in [1.165, 1.54) is 0 Å². The first-order chi connectivity index (χ1) is 8.63. The number of H-pyrrole nitrogens is 1. The van der Waals surface area contributed by atoms with Crippen molar-refractivity contribution >= 4 is 18.3 Å². The van der Waals surface area contributed by atoms with Gasteiger partial charge in [0.05, 0.1) is 0 Å². The lowest BCUT2D eigenvalue weighted by molar-refractivity contribution is 0.0738. The highest BCUT2D eigenvalue weighted by atomic mass is 35.5. The van der Waals surface area contributed by atoms with Crippen molar-refractivity contribution in [2.24, 2.45) is 5.92 Å². The first-order valence-corrected chi connectivity index (χ1v) is 6.69. The van der Waals surface area contributed by atoms with Crippen LogP contribution < -0.4 is 5.32 Å². The first-order valence-electron chi connectivity index (χ1n) is 6.69. The maximum Gasteiger partial charge on any atom is 0.274 e. The molecule has 0 spiro atoms. The van der Waals surface area contributed by atoms with Gasteiger partial charge in [-0.25, -0.2) is 0 Å². The van der Waals surface area contributed by atoms with Gasteiger partial charge in [-0.05, 0) is 12.8 Å². The predicted octanol–water partition coefficient (Wildman–Crippen LogP) is 1.60. The number of halogens is 1. The molecule has 0 unspecified atom stereocenters. The Bertz CT molecular complexity index is 430. The molecule has 1 aromatic rings. The van der Waals surface area contributed by atoms with Gasteiger partial charge in [-0.1, -0.05) is 13.8 Å². The van der Waals surface area contributed by atoms with Crippen molar-refractivity contribution in [3.63, 3.8) is 0 Å². The third-order valence-corrected chi connectivity index (χ3v) is 3.26. The zero-order valence-electron chi connectivity index (χ0n) is 11.8. The highest BCUT2D eigenvalue weighted by molar-refractivity contribution is 5.94. The van der Waals surface area contributed by atoms with Crippen molar-refractivity contribution in [2.45, 2.75) is 33.7 Å². The smallest absolute Gasteiger partial charge is 0.274 e. The molecule has 1 aliphatic rings. The van der Waals surface area contributed by atoms with Crippen LogP contribution >= 0.6 is 12.4 Å². The van der Waals surface area contributed by atoms with Gasteiger partial charge in [-0.2, -0.15) is 5.10 Å². The lowest BCUT2D eigenvalue weighted by Crippen LogP contribution is -2.35. The third-order valence-electron chi connectivity index (χ3n) is 3.26. The normalized spacial score (nSPS) is 13.9. The van der Waals surface area contributed by atoms with Crippen LogP contribution in [0.25, 0.3) is 0 Å². The molecule has 19 heavy (non-hydrogen) atoms. The summed E-state index contributed by atoms with van der Waals surface area (Å²) in [5.74, 6) is 0.522. The molecule has 0 saturated carbocycles. The van der Waals surface area contributed by atoms with Crippen LogP contribution in [0.1, 0.15) is 42.5 Å². The number of nitrogens with one attached hydrogen (secondary N) is 2. The summed E-state index contributed by atoms with van der Waals surface area (Å²) in [7, 11) is 0. The molecule has 1 amide bonds. The van der Waals surface area contributed by atoms with Gasteiger partial charge in [0, 0.05) is 43.9 Å². The third kappa shape index (κ3) is 3.48. The molecule has 0 radical (unpaired) electrons. The molecule has 2 heterocycles. The second-order valence-electron chi connectivity index (χ2n) is 5.19. The van der Waals surface area contributed by atoms with E-state index in [0.29, 0.717) is 11.6 Å². The molecule has 2 rings (SSSR count). The average Bonchev–Trinajstić information content (AvgIpc) is 2.78. The van der Waals surface area contributed by atoms with E-state index >= 15 is 0 Å². The largest absolute Gasteiger partial charge is 0.337 e. The van der Waals surface area contributed by atoms with Gasteiger partial charge in [0.25, 0.3) is 5.91 Å². The summed E-state index contributed by atoms with van der Waals surface area (Å²) in [6.07, 6.45) is 0.923. The number of aromatic nitrogens is 2. The van der Waals surface area contributed by atoms with E-state index in [1.807, 2.05) is 11.8 Å². The summed E-state index contributed by atoms with van der Waals surface area (Å²) in [6, 6.07) is 0. The fourth-order valence-corrected chi connectivity index (χ4v) is 2.35. The number of hydrogen-bond acceptors (Lipinski definition) is 3. The number of rotatable bonds is 4. The fraction of sp³-hybridized carbons (Fsp3) is 0.692. The van der Waals surface area contributed by atoms with Gasteiger partial charge < -0.3 is 10.2 Å². The molecule has 0 atom stereocenters. The number of amides is 1.